The van der Waals surface area contributed by atoms with Crippen molar-refractivity contribution in [3.8, 4) is 11.8 Å². The Morgan fingerprint density at radius 2 is 1.91 bits per heavy atom. The van der Waals surface area contributed by atoms with Crippen LogP contribution in [0.5, 0.6) is 0 Å². The van der Waals surface area contributed by atoms with E-state index in [0.717, 1.165) is 6.42 Å². The molecule has 1 heterocycles. The third kappa shape index (κ3) is 2.57. The van der Waals surface area contributed by atoms with Gasteiger partial charge in [-0.2, -0.15) is 0 Å². The smallest absolute Gasteiger partial charge is 0.172 e. The Bertz CT molecular complexity index is 641. The fourth-order valence-electron chi connectivity index (χ4n) is 4.12. The van der Waals surface area contributed by atoms with Gasteiger partial charge < -0.3 is 19.7 Å². The number of fused-ring (bicyclic) bond motifs is 2. The van der Waals surface area contributed by atoms with E-state index in [1.807, 2.05) is 0 Å². The molecular formula is C18H19ClO4. The molecule has 4 rings (SSSR count). The average Bonchev–Trinajstić information content (AvgIpc) is 3.12. The summed E-state index contributed by atoms with van der Waals surface area (Å²) in [7, 11) is 0. The van der Waals surface area contributed by atoms with Gasteiger partial charge in [-0.1, -0.05) is 35.6 Å². The summed E-state index contributed by atoms with van der Waals surface area (Å²) in [5.41, 5.74) is 0.707. The highest BCUT2D eigenvalue weighted by Crippen LogP contribution is 2.59. The third-order valence-corrected chi connectivity index (χ3v) is 5.57. The van der Waals surface area contributed by atoms with E-state index >= 15 is 0 Å². The van der Waals surface area contributed by atoms with E-state index in [0.29, 0.717) is 30.2 Å². The topological polar surface area (TPSA) is 58.9 Å². The molecule has 3 aliphatic rings. The van der Waals surface area contributed by atoms with Gasteiger partial charge in [0.1, 0.15) is 6.10 Å². The first-order chi connectivity index (χ1) is 11.1. The Morgan fingerprint density at radius 1 is 1.22 bits per heavy atom. The maximum absolute atomic E-state index is 10.3. The van der Waals surface area contributed by atoms with Crippen LogP contribution in [0, 0.1) is 29.6 Å². The number of benzene rings is 1. The van der Waals surface area contributed by atoms with Gasteiger partial charge in [0.15, 0.2) is 5.79 Å². The first kappa shape index (κ1) is 15.4. The molecule has 1 aromatic rings. The number of hydrogen-bond donors (Lipinski definition) is 2. The molecule has 5 heteroatoms. The number of rotatable bonds is 1. The van der Waals surface area contributed by atoms with Gasteiger partial charge >= 0.3 is 0 Å². The van der Waals surface area contributed by atoms with E-state index in [1.54, 1.807) is 24.3 Å². The molecule has 2 aliphatic carbocycles. The predicted octanol–water partition coefficient (Wildman–Crippen LogP) is 2.14. The lowest BCUT2D eigenvalue weighted by molar-refractivity contribution is -0.270. The monoisotopic (exact) mass is 334 g/mol. The molecule has 0 bridgehead atoms. The molecule has 5 atom stereocenters. The Labute approximate surface area is 140 Å². The van der Waals surface area contributed by atoms with E-state index in [1.165, 1.54) is 0 Å². The molecule has 2 saturated carbocycles. The van der Waals surface area contributed by atoms with Crippen molar-refractivity contribution in [1.82, 2.24) is 0 Å². The minimum absolute atomic E-state index is 0.125. The SMILES string of the molecule is OC(C#CC1C(O)CC2C1CC21OCCO1)c1ccc(Cl)cc1. The fraction of sp³-hybridized carbons (Fsp3) is 0.556. The van der Waals surface area contributed by atoms with Crippen LogP contribution in [0.15, 0.2) is 24.3 Å². The van der Waals surface area contributed by atoms with Crippen LogP contribution in [-0.4, -0.2) is 35.3 Å². The number of halogens is 1. The zero-order valence-corrected chi connectivity index (χ0v) is 13.4. The first-order valence-corrected chi connectivity index (χ1v) is 8.37. The maximum Gasteiger partial charge on any atom is 0.172 e. The van der Waals surface area contributed by atoms with Crippen molar-refractivity contribution in [2.45, 2.75) is 30.8 Å². The molecule has 0 radical (unpaired) electrons. The molecule has 3 fully saturated rings. The summed E-state index contributed by atoms with van der Waals surface area (Å²) in [6.07, 6.45) is 0.0836. The number of aliphatic hydroxyl groups excluding tert-OH is 2. The molecule has 1 saturated heterocycles. The summed E-state index contributed by atoms with van der Waals surface area (Å²) < 4.78 is 11.5. The van der Waals surface area contributed by atoms with E-state index < -0.39 is 18.0 Å². The lowest BCUT2D eigenvalue weighted by Crippen LogP contribution is -2.53. The second-order valence-electron chi connectivity index (χ2n) is 6.55. The average molecular weight is 335 g/mol. The van der Waals surface area contributed by atoms with Crippen molar-refractivity contribution in [3.05, 3.63) is 34.9 Å². The van der Waals surface area contributed by atoms with Crippen LogP contribution in [0.3, 0.4) is 0 Å². The lowest BCUT2D eigenvalue weighted by Gasteiger charge is -2.48. The van der Waals surface area contributed by atoms with Crippen molar-refractivity contribution < 1.29 is 19.7 Å². The minimum Gasteiger partial charge on any atom is -0.392 e. The highest BCUT2D eigenvalue weighted by Gasteiger charge is 2.64. The van der Waals surface area contributed by atoms with Gasteiger partial charge in [-0.25, -0.2) is 0 Å². The highest BCUT2D eigenvalue weighted by molar-refractivity contribution is 6.30. The second-order valence-corrected chi connectivity index (χ2v) is 6.99. The normalized spacial score (nSPS) is 35.3. The van der Waals surface area contributed by atoms with Crippen LogP contribution in [-0.2, 0) is 9.47 Å². The lowest BCUT2D eigenvalue weighted by atomic mass is 9.67. The van der Waals surface area contributed by atoms with E-state index in [-0.39, 0.29) is 17.8 Å². The molecule has 1 spiro atoms. The molecule has 23 heavy (non-hydrogen) atoms. The number of ether oxygens (including phenoxy) is 2. The Morgan fingerprint density at radius 3 is 2.61 bits per heavy atom. The minimum atomic E-state index is -0.869. The van der Waals surface area contributed by atoms with Crippen molar-refractivity contribution in [2.24, 2.45) is 17.8 Å². The van der Waals surface area contributed by atoms with Gasteiger partial charge in [-0.05, 0) is 30.0 Å². The van der Waals surface area contributed by atoms with Crippen LogP contribution in [0.4, 0.5) is 0 Å². The number of hydrogen-bond acceptors (Lipinski definition) is 4. The number of aliphatic hydroxyl groups is 2. The molecule has 0 amide bonds. The first-order valence-electron chi connectivity index (χ1n) is 8.00. The Balaban J connectivity index is 1.46. The van der Waals surface area contributed by atoms with Gasteiger partial charge in [-0.3, -0.25) is 0 Å². The third-order valence-electron chi connectivity index (χ3n) is 5.32. The summed E-state index contributed by atoms with van der Waals surface area (Å²) >= 11 is 5.84. The van der Waals surface area contributed by atoms with Gasteiger partial charge in [0, 0.05) is 23.3 Å². The largest absolute Gasteiger partial charge is 0.392 e. The molecule has 2 N–H and O–H groups in total. The Kier molecular flexibility index (Phi) is 3.87. The summed E-state index contributed by atoms with van der Waals surface area (Å²) in [5, 5.41) is 21.1. The van der Waals surface area contributed by atoms with Crippen LogP contribution in [0.25, 0.3) is 0 Å². The van der Waals surface area contributed by atoms with Crippen LogP contribution < -0.4 is 0 Å². The zero-order valence-electron chi connectivity index (χ0n) is 12.6. The van der Waals surface area contributed by atoms with Crippen molar-refractivity contribution >= 4 is 11.6 Å². The van der Waals surface area contributed by atoms with E-state index in [9.17, 15) is 10.2 Å². The van der Waals surface area contributed by atoms with Gasteiger partial charge in [-0.15, -0.1) is 0 Å². The molecular weight excluding hydrogens is 316 g/mol. The predicted molar refractivity (Wildman–Crippen MR) is 84.5 cm³/mol. The Hall–Kier alpha value is -1.09. The quantitative estimate of drug-likeness (QED) is 0.773. The summed E-state index contributed by atoms with van der Waals surface area (Å²) in [6, 6.07) is 6.97. The second kappa shape index (κ2) is 5.77. The van der Waals surface area contributed by atoms with Crippen molar-refractivity contribution in [2.75, 3.05) is 13.2 Å². The maximum atomic E-state index is 10.3. The molecule has 1 aromatic carbocycles. The molecule has 5 unspecified atom stereocenters. The van der Waals surface area contributed by atoms with Gasteiger partial charge in [0.25, 0.3) is 0 Å². The molecule has 122 valence electrons. The molecule has 1 aliphatic heterocycles. The summed E-state index contributed by atoms with van der Waals surface area (Å²) in [4.78, 5) is 0. The van der Waals surface area contributed by atoms with Crippen LogP contribution >= 0.6 is 11.6 Å². The highest BCUT2D eigenvalue weighted by atomic mass is 35.5. The van der Waals surface area contributed by atoms with E-state index in [4.69, 9.17) is 21.1 Å². The van der Waals surface area contributed by atoms with Crippen LogP contribution in [0.2, 0.25) is 5.02 Å². The van der Waals surface area contributed by atoms with Gasteiger partial charge in [0.05, 0.1) is 19.3 Å². The standard InChI is InChI=1S/C18H19ClO4/c19-12-3-1-11(2-4-12)16(20)6-5-13-14-10-18(22-7-8-23-18)15(14)9-17(13)21/h1-4,13-17,20-21H,7-10H2. The van der Waals surface area contributed by atoms with Crippen LogP contribution in [0.1, 0.15) is 24.5 Å². The van der Waals surface area contributed by atoms with Crippen molar-refractivity contribution in [3.63, 3.8) is 0 Å². The summed E-state index contributed by atoms with van der Waals surface area (Å²) in [6.45, 7) is 1.26. The fourth-order valence-corrected chi connectivity index (χ4v) is 4.25. The molecule has 4 nitrogen and oxygen atoms in total. The van der Waals surface area contributed by atoms with Gasteiger partial charge in [0.2, 0.25) is 0 Å². The zero-order chi connectivity index (χ0) is 16.0. The molecule has 0 aromatic heterocycles. The van der Waals surface area contributed by atoms with E-state index in [2.05, 4.69) is 11.8 Å². The van der Waals surface area contributed by atoms with Crippen molar-refractivity contribution in [1.29, 1.82) is 0 Å². The summed E-state index contributed by atoms with van der Waals surface area (Å²) in [5.74, 6) is 5.86.